The van der Waals surface area contributed by atoms with Crippen LogP contribution in [-0.2, 0) is 14.3 Å². The number of nitrogens with two attached hydrogens (primary N) is 1. The number of rotatable bonds is 7. The molecule has 0 saturated carbocycles. The lowest BCUT2D eigenvalue weighted by Gasteiger charge is -2.26. The quantitative estimate of drug-likeness (QED) is 0.531. The molecule has 0 aromatic heterocycles. The summed E-state index contributed by atoms with van der Waals surface area (Å²) in [5, 5.41) is 2.42. The van der Waals surface area contributed by atoms with E-state index < -0.39 is 11.9 Å². The van der Waals surface area contributed by atoms with E-state index in [2.05, 4.69) is 10.2 Å². The van der Waals surface area contributed by atoms with Crippen molar-refractivity contribution in [3.8, 4) is 0 Å². The Morgan fingerprint density at radius 3 is 2.75 bits per heavy atom. The summed E-state index contributed by atoms with van der Waals surface area (Å²) in [6, 6.07) is -0.543. The van der Waals surface area contributed by atoms with E-state index in [-0.39, 0.29) is 0 Å². The zero-order chi connectivity index (χ0) is 11.8. The van der Waals surface area contributed by atoms with Crippen LogP contribution < -0.4 is 11.1 Å². The third-order valence-electron chi connectivity index (χ3n) is 2.68. The smallest absolute Gasteiger partial charge is 0.239 e. The first-order valence-corrected chi connectivity index (χ1v) is 5.53. The van der Waals surface area contributed by atoms with Crippen molar-refractivity contribution in [2.75, 3.05) is 32.8 Å². The number of hydrogen-bond donors (Lipinski definition) is 2. The average Bonchev–Trinajstić information content (AvgIpc) is 2.29. The van der Waals surface area contributed by atoms with Crippen LogP contribution in [0.2, 0.25) is 0 Å². The predicted molar refractivity (Wildman–Crippen MR) is 58.7 cm³/mol. The number of amides is 2. The fourth-order valence-electron chi connectivity index (χ4n) is 1.73. The van der Waals surface area contributed by atoms with Gasteiger partial charge in [0.25, 0.3) is 0 Å². The molecule has 1 aliphatic rings. The normalized spacial score (nSPS) is 19.0. The van der Waals surface area contributed by atoms with E-state index in [9.17, 15) is 9.59 Å². The van der Waals surface area contributed by atoms with Gasteiger partial charge < -0.3 is 15.8 Å². The van der Waals surface area contributed by atoms with Crippen LogP contribution in [0.3, 0.4) is 0 Å². The van der Waals surface area contributed by atoms with Gasteiger partial charge in [0.1, 0.15) is 6.04 Å². The van der Waals surface area contributed by atoms with Crippen molar-refractivity contribution in [2.24, 2.45) is 5.73 Å². The maximum Gasteiger partial charge on any atom is 0.239 e. The summed E-state index contributed by atoms with van der Waals surface area (Å²) in [7, 11) is 0. The van der Waals surface area contributed by atoms with E-state index in [1.165, 1.54) is 0 Å². The van der Waals surface area contributed by atoms with Gasteiger partial charge >= 0.3 is 0 Å². The van der Waals surface area contributed by atoms with Crippen LogP contribution in [0.4, 0.5) is 0 Å². The molecule has 1 aliphatic heterocycles. The number of nitrogens with one attached hydrogen (secondary N) is 1. The minimum Gasteiger partial charge on any atom is -0.379 e. The molecule has 0 bridgehead atoms. The highest BCUT2D eigenvalue weighted by molar-refractivity contribution is 5.81. The fraction of sp³-hybridized carbons (Fsp3) is 0.800. The maximum atomic E-state index is 10.9. The van der Waals surface area contributed by atoms with Crippen molar-refractivity contribution in [2.45, 2.75) is 18.9 Å². The first-order chi connectivity index (χ1) is 7.74. The Hall–Kier alpha value is -1.14. The summed E-state index contributed by atoms with van der Waals surface area (Å²) >= 11 is 0. The van der Waals surface area contributed by atoms with Gasteiger partial charge in [-0.15, -0.1) is 0 Å². The molecule has 1 atom stereocenters. The Labute approximate surface area is 95.1 Å². The van der Waals surface area contributed by atoms with Crippen molar-refractivity contribution in [1.29, 1.82) is 0 Å². The molecule has 2 amide bonds. The second kappa shape index (κ2) is 7.19. The Kier molecular flexibility index (Phi) is 5.81. The zero-order valence-corrected chi connectivity index (χ0v) is 9.35. The number of carbonyl (C=O) groups excluding carboxylic acids is 2. The van der Waals surface area contributed by atoms with Gasteiger partial charge in [-0.3, -0.25) is 14.5 Å². The van der Waals surface area contributed by atoms with E-state index in [1.807, 2.05) is 0 Å². The third-order valence-corrected chi connectivity index (χ3v) is 2.68. The maximum absolute atomic E-state index is 10.9. The first kappa shape index (κ1) is 12.9. The molecule has 6 nitrogen and oxygen atoms in total. The van der Waals surface area contributed by atoms with E-state index >= 15 is 0 Å². The van der Waals surface area contributed by atoms with Crippen LogP contribution in [0.25, 0.3) is 0 Å². The Morgan fingerprint density at radius 2 is 2.19 bits per heavy atom. The number of primary amides is 1. The molecule has 0 aliphatic carbocycles. The highest BCUT2D eigenvalue weighted by Gasteiger charge is 2.15. The summed E-state index contributed by atoms with van der Waals surface area (Å²) in [4.78, 5) is 23.5. The zero-order valence-electron chi connectivity index (χ0n) is 9.35. The molecule has 1 fully saturated rings. The van der Waals surface area contributed by atoms with Crippen LogP contribution in [0.5, 0.6) is 0 Å². The molecule has 0 radical (unpaired) electrons. The number of morpholine rings is 1. The van der Waals surface area contributed by atoms with Crippen molar-refractivity contribution in [1.82, 2.24) is 10.2 Å². The van der Waals surface area contributed by atoms with Gasteiger partial charge in [-0.1, -0.05) is 0 Å². The summed E-state index contributed by atoms with van der Waals surface area (Å²) in [6.45, 7) is 4.32. The van der Waals surface area contributed by atoms with Crippen LogP contribution in [0, 0.1) is 0 Å². The lowest BCUT2D eigenvalue weighted by atomic mass is 10.1. The van der Waals surface area contributed by atoms with E-state index in [4.69, 9.17) is 10.5 Å². The lowest BCUT2D eigenvalue weighted by Crippen LogP contribution is -2.42. The number of ether oxygens (including phenoxy) is 1. The Balaban J connectivity index is 2.16. The van der Waals surface area contributed by atoms with Gasteiger partial charge in [-0.25, -0.2) is 0 Å². The minimum absolute atomic E-state index is 0.478. The van der Waals surface area contributed by atoms with Crippen molar-refractivity contribution in [3.05, 3.63) is 0 Å². The second-order valence-electron chi connectivity index (χ2n) is 3.84. The molecule has 1 heterocycles. The second-order valence-corrected chi connectivity index (χ2v) is 3.84. The molecule has 0 spiro atoms. The topological polar surface area (TPSA) is 84.7 Å². The molecule has 0 aromatic carbocycles. The summed E-state index contributed by atoms with van der Waals surface area (Å²) < 4.78 is 5.23. The van der Waals surface area contributed by atoms with Gasteiger partial charge in [0, 0.05) is 13.1 Å². The molecule has 0 aromatic rings. The number of carbonyl (C=O) groups is 2. The Bertz CT molecular complexity index is 229. The van der Waals surface area contributed by atoms with Crippen molar-refractivity contribution < 1.29 is 14.3 Å². The fourth-order valence-corrected chi connectivity index (χ4v) is 1.73. The standard InChI is InChI=1S/C10H19N3O3/c11-10(15)9(12-8-14)2-1-3-13-4-6-16-7-5-13/h8-9H,1-7H2,(H2,11,15)(H,12,14). The molecular formula is C10H19N3O3. The Morgan fingerprint density at radius 1 is 1.50 bits per heavy atom. The predicted octanol–water partition coefficient (Wildman–Crippen LogP) is -1.30. The van der Waals surface area contributed by atoms with Crippen LogP contribution in [0.1, 0.15) is 12.8 Å². The van der Waals surface area contributed by atoms with Gasteiger partial charge in [-0.05, 0) is 19.4 Å². The number of nitrogens with zero attached hydrogens (tertiary/aromatic N) is 1. The molecule has 3 N–H and O–H groups in total. The van der Waals surface area contributed by atoms with Crippen molar-refractivity contribution in [3.63, 3.8) is 0 Å². The van der Waals surface area contributed by atoms with Gasteiger partial charge in [0.05, 0.1) is 13.2 Å². The van der Waals surface area contributed by atoms with Gasteiger partial charge in [0.15, 0.2) is 0 Å². The molecule has 1 unspecified atom stereocenters. The molecule has 92 valence electrons. The molecule has 16 heavy (non-hydrogen) atoms. The SMILES string of the molecule is NC(=O)C(CCCN1CCOCC1)NC=O. The summed E-state index contributed by atoms with van der Waals surface area (Å²) in [5.74, 6) is -0.478. The molecule has 1 rings (SSSR count). The minimum atomic E-state index is -0.543. The van der Waals surface area contributed by atoms with Crippen LogP contribution in [0.15, 0.2) is 0 Å². The first-order valence-electron chi connectivity index (χ1n) is 5.53. The number of hydrogen-bond acceptors (Lipinski definition) is 4. The third kappa shape index (κ3) is 4.59. The molecular weight excluding hydrogens is 210 g/mol. The highest BCUT2D eigenvalue weighted by atomic mass is 16.5. The highest BCUT2D eigenvalue weighted by Crippen LogP contribution is 2.02. The monoisotopic (exact) mass is 229 g/mol. The largest absolute Gasteiger partial charge is 0.379 e. The summed E-state index contributed by atoms with van der Waals surface area (Å²) in [5.41, 5.74) is 5.15. The van der Waals surface area contributed by atoms with Crippen LogP contribution in [-0.4, -0.2) is 56.1 Å². The molecule has 1 saturated heterocycles. The average molecular weight is 229 g/mol. The van der Waals surface area contributed by atoms with Gasteiger partial charge in [-0.2, -0.15) is 0 Å². The molecule has 6 heteroatoms. The van der Waals surface area contributed by atoms with Gasteiger partial charge in [0.2, 0.25) is 12.3 Å². The lowest BCUT2D eigenvalue weighted by molar-refractivity contribution is -0.122. The van der Waals surface area contributed by atoms with E-state index in [0.717, 1.165) is 39.3 Å². The van der Waals surface area contributed by atoms with Crippen molar-refractivity contribution >= 4 is 12.3 Å². The van der Waals surface area contributed by atoms with Crippen LogP contribution >= 0.6 is 0 Å². The summed E-state index contributed by atoms with van der Waals surface area (Å²) in [6.07, 6.45) is 1.95. The van der Waals surface area contributed by atoms with E-state index in [0.29, 0.717) is 12.8 Å². The van der Waals surface area contributed by atoms with E-state index in [1.54, 1.807) is 0 Å².